The lowest BCUT2D eigenvalue weighted by Gasteiger charge is -2.13. The largest absolute Gasteiger partial charge is 0.480 e. The van der Waals surface area contributed by atoms with Gasteiger partial charge in [0, 0.05) is 7.11 Å². The minimum absolute atomic E-state index is 0.0893. The Morgan fingerprint density at radius 3 is 2.56 bits per heavy atom. The fourth-order valence-corrected chi connectivity index (χ4v) is 1.25. The Balaban J connectivity index is 2.39. The van der Waals surface area contributed by atoms with Crippen molar-refractivity contribution >= 4 is 12.1 Å². The lowest BCUT2D eigenvalue weighted by molar-refractivity contribution is -0.140. The Bertz CT molecular complexity index is 393. The molecule has 1 rings (SSSR count). The Labute approximate surface area is 105 Å². The molecule has 0 spiro atoms. The molecule has 6 heteroatoms. The van der Waals surface area contributed by atoms with Crippen LogP contribution in [0.1, 0.15) is 5.56 Å². The molecule has 0 saturated carbocycles. The number of amides is 1. The third kappa shape index (κ3) is 4.84. The zero-order valence-electron chi connectivity index (χ0n) is 9.96. The van der Waals surface area contributed by atoms with Crippen molar-refractivity contribution in [1.29, 1.82) is 0 Å². The predicted octanol–water partition coefficient (Wildman–Crippen LogP) is 1.01. The van der Waals surface area contributed by atoms with Crippen molar-refractivity contribution in [2.24, 2.45) is 0 Å². The summed E-state index contributed by atoms with van der Waals surface area (Å²) in [6.07, 6.45) is -0.789. The number of carboxylic acids is 1. The molecular formula is C12H15NO5. The maximum Gasteiger partial charge on any atom is 0.408 e. The fraction of sp³-hybridized carbons (Fsp3) is 0.333. The van der Waals surface area contributed by atoms with Gasteiger partial charge in [0.15, 0.2) is 6.04 Å². The summed E-state index contributed by atoms with van der Waals surface area (Å²) in [5.74, 6) is -1.17. The predicted molar refractivity (Wildman–Crippen MR) is 63.1 cm³/mol. The number of carboxylic acid groups (broad SMARTS) is 1. The van der Waals surface area contributed by atoms with Gasteiger partial charge in [-0.3, -0.25) is 0 Å². The summed E-state index contributed by atoms with van der Waals surface area (Å²) >= 11 is 0. The molecule has 0 aliphatic carbocycles. The number of nitrogens with one attached hydrogen (secondary N) is 1. The third-order valence-corrected chi connectivity index (χ3v) is 2.14. The molecule has 18 heavy (non-hydrogen) atoms. The standard InChI is InChI=1S/C12H15NO5/c1-17-8-10(11(14)15)13-12(16)18-7-9-5-3-2-4-6-9/h2-6,10H,7-8H2,1H3,(H,13,16)(H,14,15). The Morgan fingerprint density at radius 1 is 1.33 bits per heavy atom. The van der Waals surface area contributed by atoms with Gasteiger partial charge in [-0.05, 0) is 5.56 Å². The van der Waals surface area contributed by atoms with Crippen molar-refractivity contribution in [3.63, 3.8) is 0 Å². The van der Waals surface area contributed by atoms with Crippen LogP contribution in [-0.2, 0) is 20.9 Å². The number of carbonyl (C=O) groups is 2. The summed E-state index contributed by atoms with van der Waals surface area (Å²) in [5.41, 5.74) is 0.825. The number of rotatable bonds is 6. The van der Waals surface area contributed by atoms with Crippen molar-refractivity contribution in [2.45, 2.75) is 12.6 Å². The highest BCUT2D eigenvalue weighted by Crippen LogP contribution is 2.00. The molecule has 0 aromatic heterocycles. The fourth-order valence-electron chi connectivity index (χ4n) is 1.25. The molecule has 1 aromatic rings. The van der Waals surface area contributed by atoms with E-state index in [1.807, 2.05) is 18.2 Å². The first-order chi connectivity index (χ1) is 8.63. The van der Waals surface area contributed by atoms with E-state index < -0.39 is 18.1 Å². The van der Waals surface area contributed by atoms with E-state index in [4.69, 9.17) is 9.84 Å². The molecule has 1 atom stereocenters. The van der Waals surface area contributed by atoms with Gasteiger partial charge in [0.05, 0.1) is 6.61 Å². The molecule has 1 unspecified atom stereocenters. The number of carbonyl (C=O) groups excluding carboxylic acids is 1. The highest BCUT2D eigenvalue weighted by Gasteiger charge is 2.20. The number of methoxy groups -OCH3 is 1. The van der Waals surface area contributed by atoms with E-state index in [-0.39, 0.29) is 13.2 Å². The second-order valence-electron chi connectivity index (χ2n) is 3.55. The number of ether oxygens (including phenoxy) is 2. The summed E-state index contributed by atoms with van der Waals surface area (Å²) in [4.78, 5) is 22.1. The molecule has 98 valence electrons. The lowest BCUT2D eigenvalue weighted by atomic mass is 10.2. The Hall–Kier alpha value is -2.08. The second-order valence-corrected chi connectivity index (χ2v) is 3.55. The SMILES string of the molecule is COCC(NC(=O)OCc1ccccc1)C(=O)O. The molecule has 0 saturated heterocycles. The smallest absolute Gasteiger partial charge is 0.408 e. The van der Waals surface area contributed by atoms with Crippen molar-refractivity contribution in [3.8, 4) is 0 Å². The van der Waals surface area contributed by atoms with Gasteiger partial charge in [0.2, 0.25) is 0 Å². The molecule has 6 nitrogen and oxygen atoms in total. The summed E-state index contributed by atoms with van der Waals surface area (Å²) in [6, 6.07) is 7.98. The summed E-state index contributed by atoms with van der Waals surface area (Å²) in [7, 11) is 1.35. The van der Waals surface area contributed by atoms with Crippen LogP contribution in [0.5, 0.6) is 0 Å². The highest BCUT2D eigenvalue weighted by atomic mass is 16.5. The normalized spacial score (nSPS) is 11.6. The van der Waals surface area contributed by atoms with Gasteiger partial charge in [-0.1, -0.05) is 30.3 Å². The van der Waals surface area contributed by atoms with Gasteiger partial charge < -0.3 is 19.9 Å². The van der Waals surface area contributed by atoms with Crippen LogP contribution in [-0.4, -0.2) is 36.9 Å². The highest BCUT2D eigenvalue weighted by molar-refractivity contribution is 5.79. The van der Waals surface area contributed by atoms with Crippen molar-refractivity contribution < 1.29 is 24.2 Å². The van der Waals surface area contributed by atoms with Crippen molar-refractivity contribution in [1.82, 2.24) is 5.32 Å². The van der Waals surface area contributed by atoms with Crippen LogP contribution < -0.4 is 5.32 Å². The van der Waals surface area contributed by atoms with Crippen LogP contribution in [0.3, 0.4) is 0 Å². The zero-order valence-corrected chi connectivity index (χ0v) is 9.96. The van der Waals surface area contributed by atoms with Gasteiger partial charge in [0.25, 0.3) is 0 Å². The monoisotopic (exact) mass is 253 g/mol. The van der Waals surface area contributed by atoms with Gasteiger partial charge in [-0.25, -0.2) is 9.59 Å². The number of hydrogen-bond acceptors (Lipinski definition) is 4. The van der Waals surface area contributed by atoms with Gasteiger partial charge in [-0.15, -0.1) is 0 Å². The van der Waals surface area contributed by atoms with Crippen LogP contribution >= 0.6 is 0 Å². The minimum Gasteiger partial charge on any atom is -0.480 e. The Morgan fingerprint density at radius 2 is 2.00 bits per heavy atom. The molecule has 0 heterocycles. The van der Waals surface area contributed by atoms with Crippen LogP contribution in [0, 0.1) is 0 Å². The third-order valence-electron chi connectivity index (χ3n) is 2.14. The maximum absolute atomic E-state index is 11.4. The van der Waals surface area contributed by atoms with E-state index in [0.29, 0.717) is 0 Å². The number of hydrogen-bond donors (Lipinski definition) is 2. The number of aliphatic carboxylic acids is 1. The second kappa shape index (κ2) is 7.29. The summed E-state index contributed by atoms with van der Waals surface area (Å²) < 4.78 is 9.56. The average molecular weight is 253 g/mol. The summed E-state index contributed by atoms with van der Waals surface area (Å²) in [6.45, 7) is -0.0260. The number of benzene rings is 1. The lowest BCUT2D eigenvalue weighted by Crippen LogP contribution is -2.43. The van der Waals surface area contributed by atoms with E-state index in [1.165, 1.54) is 7.11 Å². The molecule has 1 aromatic carbocycles. The van der Waals surface area contributed by atoms with E-state index in [0.717, 1.165) is 5.56 Å². The molecule has 2 N–H and O–H groups in total. The molecular weight excluding hydrogens is 238 g/mol. The van der Waals surface area contributed by atoms with Crippen LogP contribution in [0.15, 0.2) is 30.3 Å². The summed E-state index contributed by atoms with van der Waals surface area (Å²) in [5, 5.41) is 11.0. The molecule has 1 amide bonds. The number of alkyl carbamates (subject to hydrolysis) is 1. The van der Waals surface area contributed by atoms with Crippen LogP contribution in [0.4, 0.5) is 4.79 Å². The van der Waals surface area contributed by atoms with Gasteiger partial charge in [0.1, 0.15) is 6.61 Å². The van der Waals surface area contributed by atoms with E-state index in [1.54, 1.807) is 12.1 Å². The molecule has 0 radical (unpaired) electrons. The van der Waals surface area contributed by atoms with Gasteiger partial charge in [-0.2, -0.15) is 0 Å². The maximum atomic E-state index is 11.4. The first-order valence-corrected chi connectivity index (χ1v) is 5.32. The van der Waals surface area contributed by atoms with E-state index >= 15 is 0 Å². The van der Waals surface area contributed by atoms with Crippen LogP contribution in [0.25, 0.3) is 0 Å². The first-order valence-electron chi connectivity index (χ1n) is 5.32. The van der Waals surface area contributed by atoms with Gasteiger partial charge >= 0.3 is 12.1 Å². The quantitative estimate of drug-likeness (QED) is 0.790. The zero-order chi connectivity index (χ0) is 13.4. The van der Waals surface area contributed by atoms with E-state index in [2.05, 4.69) is 10.1 Å². The van der Waals surface area contributed by atoms with Crippen molar-refractivity contribution in [3.05, 3.63) is 35.9 Å². The van der Waals surface area contributed by atoms with Crippen molar-refractivity contribution in [2.75, 3.05) is 13.7 Å². The average Bonchev–Trinajstić information content (AvgIpc) is 2.37. The Kier molecular flexibility index (Phi) is 5.66. The van der Waals surface area contributed by atoms with Crippen LogP contribution in [0.2, 0.25) is 0 Å². The first kappa shape index (κ1) is 14.0. The van der Waals surface area contributed by atoms with E-state index in [9.17, 15) is 9.59 Å². The topological polar surface area (TPSA) is 84.9 Å². The minimum atomic E-state index is -1.17. The molecule has 0 aliphatic heterocycles. The molecule has 0 bridgehead atoms. The molecule has 0 aliphatic rings. The molecule has 0 fully saturated rings.